The first-order valence-corrected chi connectivity index (χ1v) is 7.25. The van der Waals surface area contributed by atoms with Crippen LogP contribution in [0.2, 0.25) is 5.28 Å². The zero-order valence-electron chi connectivity index (χ0n) is 9.10. The molecule has 0 bridgehead atoms. The second kappa shape index (κ2) is 4.87. The highest BCUT2D eigenvalue weighted by Crippen LogP contribution is 2.22. The van der Waals surface area contributed by atoms with Gasteiger partial charge in [-0.3, -0.25) is 0 Å². The first kappa shape index (κ1) is 12.0. The largest absolute Gasteiger partial charge is 0.363 e. The van der Waals surface area contributed by atoms with Crippen molar-refractivity contribution in [2.24, 2.45) is 0 Å². The van der Waals surface area contributed by atoms with Gasteiger partial charge in [0, 0.05) is 15.5 Å². The molecule has 3 aromatic rings. The van der Waals surface area contributed by atoms with Crippen molar-refractivity contribution >= 4 is 50.2 Å². The monoisotopic (exact) mass is 342 g/mol. The molecule has 3 heterocycles. The van der Waals surface area contributed by atoms with E-state index < -0.39 is 0 Å². The van der Waals surface area contributed by atoms with Gasteiger partial charge in [0.15, 0.2) is 5.82 Å². The number of halogens is 2. The summed E-state index contributed by atoms with van der Waals surface area (Å²) in [5.74, 6) is 0.731. The lowest BCUT2D eigenvalue weighted by Gasteiger charge is -2.06. The zero-order chi connectivity index (χ0) is 12.5. The molecular formula is C11H8BrClN4S. The minimum absolute atomic E-state index is 0.222. The Morgan fingerprint density at radius 1 is 1.50 bits per heavy atom. The Kier molecular flexibility index (Phi) is 3.23. The van der Waals surface area contributed by atoms with E-state index in [2.05, 4.69) is 37.4 Å². The summed E-state index contributed by atoms with van der Waals surface area (Å²) in [6.45, 7) is 0.726. The van der Waals surface area contributed by atoms with E-state index in [-0.39, 0.29) is 5.28 Å². The number of hydrogen-bond donors (Lipinski definition) is 1. The van der Waals surface area contributed by atoms with Crippen molar-refractivity contribution in [2.75, 3.05) is 5.32 Å². The number of nitrogens with one attached hydrogen (secondary N) is 1. The molecule has 0 aliphatic heterocycles. The van der Waals surface area contributed by atoms with Gasteiger partial charge in [-0.2, -0.15) is 4.98 Å². The molecule has 0 aromatic carbocycles. The summed E-state index contributed by atoms with van der Waals surface area (Å²) in [7, 11) is 0. The van der Waals surface area contributed by atoms with Gasteiger partial charge in [-0.25, -0.2) is 4.52 Å². The maximum Gasteiger partial charge on any atom is 0.243 e. The third-order valence-corrected chi connectivity index (χ3v) is 3.88. The number of anilines is 1. The SMILES string of the molecule is Clc1nc(NCc2cccs2)c2cc(Br)cn2n1. The smallest absolute Gasteiger partial charge is 0.243 e. The molecule has 3 rings (SSSR count). The van der Waals surface area contributed by atoms with Crippen LogP contribution in [0.4, 0.5) is 5.82 Å². The summed E-state index contributed by atoms with van der Waals surface area (Å²) in [6, 6.07) is 6.05. The van der Waals surface area contributed by atoms with E-state index in [1.165, 1.54) is 4.88 Å². The van der Waals surface area contributed by atoms with Gasteiger partial charge in [0.05, 0.1) is 6.54 Å². The van der Waals surface area contributed by atoms with E-state index >= 15 is 0 Å². The number of thiophene rings is 1. The first-order chi connectivity index (χ1) is 8.72. The van der Waals surface area contributed by atoms with Crippen LogP contribution in [-0.4, -0.2) is 14.6 Å². The highest BCUT2D eigenvalue weighted by molar-refractivity contribution is 9.10. The molecule has 0 aliphatic rings. The van der Waals surface area contributed by atoms with Crippen LogP contribution >= 0.6 is 38.9 Å². The van der Waals surface area contributed by atoms with Crippen molar-refractivity contribution in [1.29, 1.82) is 0 Å². The molecule has 0 aliphatic carbocycles. The summed E-state index contributed by atoms with van der Waals surface area (Å²) in [5, 5.41) is 9.65. The molecule has 0 spiro atoms. The van der Waals surface area contributed by atoms with Gasteiger partial charge in [0.2, 0.25) is 5.28 Å². The Morgan fingerprint density at radius 2 is 2.39 bits per heavy atom. The van der Waals surface area contributed by atoms with E-state index in [9.17, 15) is 0 Å². The average molecular weight is 344 g/mol. The zero-order valence-corrected chi connectivity index (χ0v) is 12.3. The lowest BCUT2D eigenvalue weighted by Crippen LogP contribution is -2.04. The summed E-state index contributed by atoms with van der Waals surface area (Å²) in [5.41, 5.74) is 0.892. The standard InChI is InChI=1S/C11H8BrClN4S/c12-7-4-9-10(14-5-8-2-1-3-18-8)15-11(13)16-17(9)6-7/h1-4,6H,5H2,(H,14,15,16). The van der Waals surface area contributed by atoms with Gasteiger partial charge in [-0.05, 0) is 45.0 Å². The first-order valence-electron chi connectivity index (χ1n) is 5.20. The van der Waals surface area contributed by atoms with Gasteiger partial charge < -0.3 is 5.32 Å². The normalized spacial score (nSPS) is 11.0. The minimum atomic E-state index is 0.222. The van der Waals surface area contributed by atoms with Gasteiger partial charge in [0.1, 0.15) is 5.52 Å². The summed E-state index contributed by atoms with van der Waals surface area (Å²) in [6.07, 6.45) is 1.85. The summed E-state index contributed by atoms with van der Waals surface area (Å²) >= 11 is 11.0. The Balaban J connectivity index is 1.95. The molecule has 18 heavy (non-hydrogen) atoms. The van der Waals surface area contributed by atoms with Crippen LogP contribution in [0.5, 0.6) is 0 Å². The maximum atomic E-state index is 5.90. The molecule has 0 amide bonds. The molecule has 0 fully saturated rings. The fourth-order valence-electron chi connectivity index (χ4n) is 1.65. The third-order valence-electron chi connectivity index (χ3n) is 2.41. The molecule has 3 aromatic heterocycles. The quantitative estimate of drug-likeness (QED) is 0.786. The Bertz CT molecular complexity index is 680. The van der Waals surface area contributed by atoms with Crippen molar-refractivity contribution in [2.45, 2.75) is 6.54 Å². The van der Waals surface area contributed by atoms with E-state index in [1.54, 1.807) is 15.9 Å². The fraction of sp³-hybridized carbons (Fsp3) is 0.0909. The Hall–Kier alpha value is -1.11. The second-order valence-corrected chi connectivity index (χ2v) is 5.94. The Morgan fingerprint density at radius 3 is 3.17 bits per heavy atom. The highest BCUT2D eigenvalue weighted by Gasteiger charge is 2.08. The average Bonchev–Trinajstić information content (AvgIpc) is 2.93. The van der Waals surface area contributed by atoms with Crippen molar-refractivity contribution in [1.82, 2.24) is 14.6 Å². The molecule has 0 unspecified atom stereocenters. The van der Waals surface area contributed by atoms with Crippen LogP contribution in [0.15, 0.2) is 34.2 Å². The third kappa shape index (κ3) is 2.36. The topological polar surface area (TPSA) is 42.2 Å². The van der Waals surface area contributed by atoms with E-state index in [4.69, 9.17) is 11.6 Å². The van der Waals surface area contributed by atoms with Crippen LogP contribution in [0.3, 0.4) is 0 Å². The second-order valence-electron chi connectivity index (χ2n) is 3.65. The van der Waals surface area contributed by atoms with Gasteiger partial charge >= 0.3 is 0 Å². The van der Waals surface area contributed by atoms with Crippen molar-refractivity contribution in [3.05, 3.63) is 44.4 Å². The molecule has 92 valence electrons. The van der Waals surface area contributed by atoms with Gasteiger partial charge in [-0.1, -0.05) is 6.07 Å². The van der Waals surface area contributed by atoms with Crippen LogP contribution in [0, 0.1) is 0 Å². The van der Waals surface area contributed by atoms with Gasteiger partial charge in [0.25, 0.3) is 0 Å². The molecule has 1 N–H and O–H groups in total. The number of nitrogens with zero attached hydrogens (tertiary/aromatic N) is 3. The maximum absolute atomic E-state index is 5.90. The predicted octanol–water partition coefficient (Wildman–Crippen LogP) is 3.82. The highest BCUT2D eigenvalue weighted by atomic mass is 79.9. The summed E-state index contributed by atoms with van der Waals surface area (Å²) in [4.78, 5) is 5.46. The van der Waals surface area contributed by atoms with Crippen LogP contribution in [0.25, 0.3) is 5.52 Å². The van der Waals surface area contributed by atoms with Crippen molar-refractivity contribution in [3.63, 3.8) is 0 Å². The molecule has 0 atom stereocenters. The molecular weight excluding hydrogens is 336 g/mol. The van der Waals surface area contributed by atoms with Crippen molar-refractivity contribution < 1.29 is 0 Å². The molecule has 7 heteroatoms. The van der Waals surface area contributed by atoms with Crippen LogP contribution in [-0.2, 0) is 6.54 Å². The van der Waals surface area contributed by atoms with Crippen LogP contribution < -0.4 is 5.32 Å². The lowest BCUT2D eigenvalue weighted by atomic mass is 10.4. The molecule has 0 saturated heterocycles. The predicted molar refractivity (Wildman–Crippen MR) is 77.3 cm³/mol. The summed E-state index contributed by atoms with van der Waals surface area (Å²) < 4.78 is 2.65. The van der Waals surface area contributed by atoms with Crippen molar-refractivity contribution in [3.8, 4) is 0 Å². The van der Waals surface area contributed by atoms with Crippen LogP contribution in [0.1, 0.15) is 4.88 Å². The molecule has 0 radical (unpaired) electrons. The Labute approximate surface area is 121 Å². The number of hydrogen-bond acceptors (Lipinski definition) is 4. The number of aromatic nitrogens is 3. The minimum Gasteiger partial charge on any atom is -0.363 e. The fourth-order valence-corrected chi connectivity index (χ4v) is 2.88. The molecule has 4 nitrogen and oxygen atoms in total. The lowest BCUT2D eigenvalue weighted by molar-refractivity contribution is 0.900. The number of fused-ring (bicyclic) bond motifs is 1. The number of rotatable bonds is 3. The molecule has 0 saturated carbocycles. The van der Waals surface area contributed by atoms with Gasteiger partial charge in [-0.15, -0.1) is 16.4 Å². The van der Waals surface area contributed by atoms with E-state index in [0.29, 0.717) is 0 Å². The van der Waals surface area contributed by atoms with E-state index in [1.807, 2.05) is 23.7 Å². The van der Waals surface area contributed by atoms with E-state index in [0.717, 1.165) is 22.4 Å².